The van der Waals surface area contributed by atoms with Gasteiger partial charge in [-0.1, -0.05) is 35.9 Å². The lowest BCUT2D eigenvalue weighted by Crippen LogP contribution is -2.25. The Hall–Kier alpha value is -2.45. The van der Waals surface area contributed by atoms with Crippen LogP contribution in [0.25, 0.3) is 11.3 Å². The smallest absolute Gasteiger partial charge is 0.203 e. The van der Waals surface area contributed by atoms with Crippen LogP contribution in [0.3, 0.4) is 0 Å². The number of rotatable bonds is 5. The molecule has 26 heavy (non-hydrogen) atoms. The predicted octanol–water partition coefficient (Wildman–Crippen LogP) is 4.38. The number of halogens is 3. The van der Waals surface area contributed by atoms with E-state index in [9.17, 15) is 17.2 Å². The first kappa shape index (κ1) is 18.3. The third-order valence-corrected chi connectivity index (χ3v) is 5.40. The van der Waals surface area contributed by atoms with Crippen LogP contribution in [0.1, 0.15) is 17.7 Å². The summed E-state index contributed by atoms with van der Waals surface area (Å²) in [6, 6.07) is 13.6. The summed E-state index contributed by atoms with van der Waals surface area (Å²) in [5, 5.41) is 4.21. The molecule has 3 aromatic rings. The molecular formula is C17H14ClF2N3O2S. The van der Waals surface area contributed by atoms with Gasteiger partial charge in [-0.25, -0.2) is 8.78 Å². The quantitative estimate of drug-likeness (QED) is 0.694. The monoisotopic (exact) mass is 397 g/mol. The Labute approximate surface area is 154 Å². The van der Waals surface area contributed by atoms with Crippen LogP contribution in [0, 0.1) is 6.92 Å². The van der Waals surface area contributed by atoms with E-state index in [4.69, 9.17) is 11.6 Å². The number of alkyl halides is 2. The van der Waals surface area contributed by atoms with Crippen molar-refractivity contribution in [1.82, 2.24) is 9.89 Å². The van der Waals surface area contributed by atoms with Crippen LogP contribution < -0.4 is 4.83 Å². The van der Waals surface area contributed by atoms with Crippen LogP contribution in [-0.4, -0.2) is 18.3 Å². The molecule has 3 rings (SSSR count). The Bertz CT molecular complexity index is 1040. The fraction of sp³-hybridized carbons (Fsp3) is 0.118. The van der Waals surface area contributed by atoms with E-state index in [1.807, 2.05) is 0 Å². The number of hydrogen-bond acceptors (Lipinski definition) is 3. The molecule has 1 heterocycles. The third kappa shape index (κ3) is 3.71. The highest BCUT2D eigenvalue weighted by Crippen LogP contribution is 2.28. The van der Waals surface area contributed by atoms with Gasteiger partial charge in [-0.05, 0) is 42.8 Å². The molecule has 0 bridgehead atoms. The minimum Gasteiger partial charge on any atom is -0.203 e. The van der Waals surface area contributed by atoms with Crippen molar-refractivity contribution in [2.45, 2.75) is 18.2 Å². The summed E-state index contributed by atoms with van der Waals surface area (Å²) in [5.41, 5.74) is 0.867. The van der Waals surface area contributed by atoms with Gasteiger partial charge in [0.05, 0.1) is 10.6 Å². The first-order chi connectivity index (χ1) is 12.3. The molecule has 0 saturated carbocycles. The maximum absolute atomic E-state index is 13.1. The van der Waals surface area contributed by atoms with Gasteiger partial charge in [0.15, 0.2) is 0 Å². The Balaban J connectivity index is 2.07. The van der Waals surface area contributed by atoms with Gasteiger partial charge in [0.2, 0.25) is 0 Å². The van der Waals surface area contributed by atoms with Crippen molar-refractivity contribution in [3.8, 4) is 11.3 Å². The number of sulfonamides is 1. The highest BCUT2D eigenvalue weighted by molar-refractivity contribution is 7.92. The van der Waals surface area contributed by atoms with Crippen molar-refractivity contribution in [2.24, 2.45) is 0 Å². The molecule has 9 heteroatoms. The van der Waals surface area contributed by atoms with E-state index in [2.05, 4.69) is 9.93 Å². The number of nitrogens with one attached hydrogen (secondary N) is 1. The van der Waals surface area contributed by atoms with Gasteiger partial charge in [0, 0.05) is 10.6 Å². The van der Waals surface area contributed by atoms with Crippen LogP contribution in [0.15, 0.2) is 59.5 Å². The van der Waals surface area contributed by atoms with Crippen molar-refractivity contribution in [3.63, 3.8) is 0 Å². The molecule has 0 saturated heterocycles. The van der Waals surface area contributed by atoms with E-state index in [0.717, 1.165) is 16.4 Å². The van der Waals surface area contributed by atoms with Crippen LogP contribution in [0.4, 0.5) is 8.78 Å². The van der Waals surface area contributed by atoms with Crippen molar-refractivity contribution in [2.75, 3.05) is 4.83 Å². The summed E-state index contributed by atoms with van der Waals surface area (Å²) in [6.45, 7) is 1.76. The minimum absolute atomic E-state index is 0.00710. The molecular weight excluding hydrogens is 384 g/mol. The normalized spacial score (nSPS) is 11.7. The van der Waals surface area contributed by atoms with Crippen LogP contribution >= 0.6 is 11.6 Å². The van der Waals surface area contributed by atoms with Crippen LogP contribution in [0.5, 0.6) is 0 Å². The SMILES string of the molecule is Cc1cc(-c2cc(C(F)F)nn2NS(=O)(=O)c2ccccc2)ccc1Cl. The molecule has 0 aliphatic rings. The molecule has 1 aromatic heterocycles. The molecule has 5 nitrogen and oxygen atoms in total. The average Bonchev–Trinajstić information content (AvgIpc) is 3.01. The largest absolute Gasteiger partial charge is 0.282 e. The second-order valence-electron chi connectivity index (χ2n) is 5.54. The van der Waals surface area contributed by atoms with E-state index in [-0.39, 0.29) is 10.6 Å². The second-order valence-corrected chi connectivity index (χ2v) is 7.61. The molecule has 0 radical (unpaired) electrons. The zero-order valence-corrected chi connectivity index (χ0v) is 15.1. The molecule has 0 fully saturated rings. The average molecular weight is 398 g/mol. The van der Waals surface area contributed by atoms with Crippen molar-refractivity contribution < 1.29 is 17.2 Å². The molecule has 0 spiro atoms. The van der Waals surface area contributed by atoms with Gasteiger partial charge < -0.3 is 0 Å². The summed E-state index contributed by atoms with van der Waals surface area (Å²) in [4.78, 5) is 3.06. The number of benzene rings is 2. The van der Waals surface area contributed by atoms with Crippen LogP contribution in [-0.2, 0) is 10.0 Å². The highest BCUT2D eigenvalue weighted by atomic mass is 35.5. The fourth-order valence-electron chi connectivity index (χ4n) is 2.35. The molecule has 0 aliphatic carbocycles. The maximum Gasteiger partial charge on any atom is 0.282 e. The lowest BCUT2D eigenvalue weighted by Gasteiger charge is -2.12. The number of hydrogen-bond donors (Lipinski definition) is 1. The lowest BCUT2D eigenvalue weighted by atomic mass is 10.1. The zero-order valence-electron chi connectivity index (χ0n) is 13.5. The van der Waals surface area contributed by atoms with Crippen molar-refractivity contribution in [1.29, 1.82) is 0 Å². The third-order valence-electron chi connectivity index (χ3n) is 3.67. The van der Waals surface area contributed by atoms with Crippen molar-refractivity contribution >= 4 is 21.6 Å². The summed E-state index contributed by atoms with van der Waals surface area (Å²) in [7, 11) is -3.99. The van der Waals surface area contributed by atoms with E-state index < -0.39 is 22.1 Å². The topological polar surface area (TPSA) is 64.0 Å². The fourth-order valence-corrected chi connectivity index (χ4v) is 3.46. The molecule has 0 aliphatic heterocycles. The first-order valence-electron chi connectivity index (χ1n) is 7.50. The predicted molar refractivity (Wildman–Crippen MR) is 95.4 cm³/mol. The van der Waals surface area contributed by atoms with Gasteiger partial charge in [-0.15, -0.1) is 0 Å². The highest BCUT2D eigenvalue weighted by Gasteiger charge is 2.21. The molecule has 2 aromatic carbocycles. The molecule has 1 N–H and O–H groups in total. The number of nitrogens with zero attached hydrogens (tertiary/aromatic N) is 2. The van der Waals surface area contributed by atoms with Gasteiger partial charge in [0.1, 0.15) is 5.69 Å². The molecule has 136 valence electrons. The summed E-state index contributed by atoms with van der Waals surface area (Å²) in [5.74, 6) is 0. The summed E-state index contributed by atoms with van der Waals surface area (Å²) >= 11 is 6.00. The van der Waals surface area contributed by atoms with Gasteiger partial charge in [-0.2, -0.15) is 23.1 Å². The maximum atomic E-state index is 13.1. The molecule has 0 unspecified atom stereocenters. The van der Waals surface area contributed by atoms with Crippen molar-refractivity contribution in [3.05, 3.63) is 70.9 Å². The zero-order chi connectivity index (χ0) is 18.9. The Morgan fingerprint density at radius 3 is 2.42 bits per heavy atom. The van der Waals surface area contributed by atoms with E-state index in [0.29, 0.717) is 10.6 Å². The Morgan fingerprint density at radius 2 is 1.81 bits per heavy atom. The standard InChI is InChI=1S/C17H14ClF2N3O2S/c1-11-9-12(7-8-14(11)18)16-10-15(17(19)20)21-23(16)22-26(24,25)13-5-3-2-4-6-13/h2-10,17,22H,1H3. The summed E-state index contributed by atoms with van der Waals surface area (Å²) < 4.78 is 51.2. The van der Waals surface area contributed by atoms with E-state index in [1.165, 1.54) is 12.1 Å². The van der Waals surface area contributed by atoms with E-state index >= 15 is 0 Å². The number of aryl methyl sites for hydroxylation is 1. The molecule has 0 atom stereocenters. The van der Waals surface area contributed by atoms with E-state index in [1.54, 1.807) is 43.3 Å². The Morgan fingerprint density at radius 1 is 1.12 bits per heavy atom. The first-order valence-corrected chi connectivity index (χ1v) is 9.36. The van der Waals surface area contributed by atoms with Gasteiger partial charge >= 0.3 is 0 Å². The summed E-state index contributed by atoms with van der Waals surface area (Å²) in [6.07, 6.45) is -2.84. The lowest BCUT2D eigenvalue weighted by molar-refractivity contribution is 0.145. The second kappa shape index (κ2) is 7.05. The van der Waals surface area contributed by atoms with Gasteiger partial charge in [-0.3, -0.25) is 0 Å². The van der Waals surface area contributed by atoms with Gasteiger partial charge in [0.25, 0.3) is 16.4 Å². The number of aromatic nitrogens is 2. The van der Waals surface area contributed by atoms with Crippen LogP contribution in [0.2, 0.25) is 5.02 Å². The molecule has 0 amide bonds. The Kier molecular flexibility index (Phi) is 4.97. The minimum atomic E-state index is -3.99.